The molecule has 0 spiro atoms. The first-order chi connectivity index (χ1) is 19.4. The van der Waals surface area contributed by atoms with E-state index in [1.54, 1.807) is 0 Å². The lowest BCUT2D eigenvalue weighted by Gasteiger charge is -2.38. The van der Waals surface area contributed by atoms with Gasteiger partial charge in [0.2, 0.25) is 0 Å². The highest BCUT2D eigenvalue weighted by molar-refractivity contribution is 6.88. The van der Waals surface area contributed by atoms with Crippen LogP contribution in [0.25, 0.3) is 10.4 Å². The second kappa shape index (κ2) is 19.2. The average molecular weight is 716 g/mol. The van der Waals surface area contributed by atoms with Crippen molar-refractivity contribution in [1.82, 2.24) is 0 Å². The Morgan fingerprint density at radius 3 is 1.42 bits per heavy atom. The van der Waals surface area contributed by atoms with Crippen LogP contribution in [0.2, 0.25) is 104 Å². The average Bonchev–Trinajstić information content (AvgIpc) is 3.56. The van der Waals surface area contributed by atoms with E-state index in [1.165, 1.54) is 0 Å². The second-order valence-corrected chi connectivity index (χ2v) is 41.2. The fraction of sp³-hybridized carbons (Fsp3) is 1.00. The van der Waals surface area contributed by atoms with Crippen LogP contribution in [0.5, 0.6) is 0 Å². The molecule has 0 aromatic heterocycles. The molecule has 1 aliphatic rings. The van der Waals surface area contributed by atoms with E-state index < -0.39 is 56.5 Å². The van der Waals surface area contributed by atoms with Crippen molar-refractivity contribution in [2.24, 2.45) is 5.11 Å². The van der Waals surface area contributed by atoms with Crippen molar-refractivity contribution in [3.05, 3.63) is 10.4 Å². The van der Waals surface area contributed by atoms with E-state index in [0.29, 0.717) is 12.7 Å². The summed E-state index contributed by atoms with van der Waals surface area (Å²) in [6.45, 7) is 34.1. The molecule has 1 saturated heterocycles. The van der Waals surface area contributed by atoms with Gasteiger partial charge in [-0.1, -0.05) is 5.11 Å². The van der Waals surface area contributed by atoms with E-state index in [9.17, 15) is 5.11 Å². The highest BCUT2D eigenvalue weighted by atomic mass is 28.5. The van der Waals surface area contributed by atoms with Gasteiger partial charge in [-0.25, -0.2) is 0 Å². The highest BCUT2D eigenvalue weighted by Gasteiger charge is 2.41. The van der Waals surface area contributed by atoms with Gasteiger partial charge in [0, 0.05) is 18.1 Å². The van der Waals surface area contributed by atoms with Crippen LogP contribution in [0.3, 0.4) is 0 Å². The summed E-state index contributed by atoms with van der Waals surface area (Å²) in [6.07, 6.45) is 1.47. The van der Waals surface area contributed by atoms with Crippen molar-refractivity contribution < 1.29 is 35.8 Å². The molecule has 1 rings (SSSR count). The second-order valence-electron chi connectivity index (χ2n) is 15.5. The van der Waals surface area contributed by atoms with Gasteiger partial charge in [0.15, 0.2) is 33.3 Å². The minimum absolute atomic E-state index is 0.0421. The Morgan fingerprint density at radius 1 is 0.721 bits per heavy atom. The molecule has 0 aromatic carbocycles. The van der Waals surface area contributed by atoms with Gasteiger partial charge < -0.3 is 35.8 Å². The molecule has 2 atom stereocenters. The smallest absolute Gasteiger partial charge is 0.314 e. The molecule has 0 aromatic rings. The molecule has 0 saturated carbocycles. The maximum atomic E-state index is 9.53. The minimum Gasteiger partial charge on any atom is -0.437 e. The molecular weight excluding hydrogens is 651 g/mol. The summed E-state index contributed by atoms with van der Waals surface area (Å²) in [6, 6.07) is 1.90. The summed E-state index contributed by atoms with van der Waals surface area (Å²) in [5, 5.41) is 12.8. The number of azide groups is 1. The molecule has 1 heterocycles. The Morgan fingerprint density at radius 2 is 1.09 bits per heavy atom. The highest BCUT2D eigenvalue weighted by Crippen LogP contribution is 2.26. The van der Waals surface area contributed by atoms with Crippen LogP contribution in [-0.4, -0.2) is 107 Å². The number of aliphatic hydroxyl groups is 1. The number of ether oxygens (including phenoxy) is 3. The summed E-state index contributed by atoms with van der Waals surface area (Å²) in [5.41, 5.74) is 8.19. The monoisotopic (exact) mass is 715 g/mol. The topological polar surface area (TPSA) is 137 Å². The number of epoxide rings is 1. The number of rotatable bonds is 22. The predicted octanol–water partition coefficient (Wildman–Crippen LogP) is 7.41. The summed E-state index contributed by atoms with van der Waals surface area (Å²) < 4.78 is 41.9. The van der Waals surface area contributed by atoms with Crippen molar-refractivity contribution in [2.45, 2.75) is 129 Å². The Balaban J connectivity index is 0.000000827. The van der Waals surface area contributed by atoms with Gasteiger partial charge in [0.25, 0.3) is 0 Å². The van der Waals surface area contributed by atoms with Crippen LogP contribution in [0.15, 0.2) is 5.11 Å². The molecule has 0 aliphatic carbocycles. The molecule has 1 fully saturated rings. The zero-order chi connectivity index (χ0) is 33.6. The van der Waals surface area contributed by atoms with Crippen LogP contribution in [-0.2, 0) is 30.7 Å². The van der Waals surface area contributed by atoms with E-state index in [2.05, 4.69) is 102 Å². The first kappa shape index (κ1) is 43.3. The zero-order valence-corrected chi connectivity index (χ0v) is 35.9. The SMILES string of the molecule is C[Si](C)(C)O[Si](C)(CCCOCC(O)CN=[N+]=[N-])O[Si](C)(C)C.C[Si](C)(C)O[Si](C)(CCCOCC1CO1)O[Si](C)(C)C. The van der Waals surface area contributed by atoms with Gasteiger partial charge in [-0.2, -0.15) is 0 Å². The van der Waals surface area contributed by atoms with Crippen LogP contribution in [0.4, 0.5) is 0 Å². The third kappa shape index (κ3) is 28.3. The Kier molecular flexibility index (Phi) is 19.3. The van der Waals surface area contributed by atoms with E-state index in [0.717, 1.165) is 44.8 Å². The van der Waals surface area contributed by atoms with E-state index in [-0.39, 0.29) is 13.2 Å². The molecule has 1 N–H and O–H groups in total. The van der Waals surface area contributed by atoms with Gasteiger partial charge in [0.05, 0.1) is 32.5 Å². The lowest BCUT2D eigenvalue weighted by molar-refractivity contribution is 0.0412. The van der Waals surface area contributed by atoms with Crippen LogP contribution < -0.4 is 0 Å². The van der Waals surface area contributed by atoms with Crippen molar-refractivity contribution in [3.8, 4) is 0 Å². The summed E-state index contributed by atoms with van der Waals surface area (Å²) >= 11 is 0. The summed E-state index contributed by atoms with van der Waals surface area (Å²) in [4.78, 5) is 2.61. The number of hydrogen-bond acceptors (Lipinski definition) is 9. The lowest BCUT2D eigenvalue weighted by Crippen LogP contribution is -2.52. The third-order valence-corrected chi connectivity index (χ3v) is 24.5. The molecule has 0 bridgehead atoms. The maximum absolute atomic E-state index is 9.53. The van der Waals surface area contributed by atoms with Crippen LogP contribution in [0, 0.1) is 0 Å². The predicted molar refractivity (Wildman–Crippen MR) is 191 cm³/mol. The molecular formula is C26H65N3O8Si6. The fourth-order valence-electron chi connectivity index (χ4n) is 4.61. The van der Waals surface area contributed by atoms with Crippen LogP contribution in [0.1, 0.15) is 12.8 Å². The lowest BCUT2D eigenvalue weighted by atomic mass is 10.4. The number of nitrogens with zero attached hydrogens (tertiary/aromatic N) is 3. The van der Waals surface area contributed by atoms with E-state index in [1.807, 2.05) is 0 Å². The zero-order valence-electron chi connectivity index (χ0n) is 29.9. The Bertz CT molecular complexity index is 792. The molecule has 2 unspecified atom stereocenters. The van der Waals surface area contributed by atoms with Crippen molar-refractivity contribution in [3.63, 3.8) is 0 Å². The molecule has 43 heavy (non-hydrogen) atoms. The van der Waals surface area contributed by atoms with Crippen molar-refractivity contribution in [2.75, 3.05) is 39.6 Å². The minimum atomic E-state index is -2.20. The summed E-state index contributed by atoms with van der Waals surface area (Å²) in [5.74, 6) is 0. The van der Waals surface area contributed by atoms with E-state index in [4.69, 9.17) is 36.2 Å². The molecule has 1 aliphatic heterocycles. The normalized spacial score (nSPS) is 17.1. The molecule has 17 heteroatoms. The first-order valence-electron chi connectivity index (χ1n) is 15.6. The largest absolute Gasteiger partial charge is 0.437 e. The Hall–Kier alpha value is 0.291. The Labute approximate surface area is 269 Å². The first-order valence-corrected chi connectivity index (χ1v) is 34.3. The van der Waals surface area contributed by atoms with E-state index >= 15 is 0 Å². The van der Waals surface area contributed by atoms with Crippen molar-refractivity contribution in [1.29, 1.82) is 0 Å². The van der Waals surface area contributed by atoms with Gasteiger partial charge in [-0.15, -0.1) is 0 Å². The third-order valence-electron chi connectivity index (χ3n) is 5.30. The molecule has 256 valence electrons. The summed E-state index contributed by atoms with van der Waals surface area (Å²) in [7, 11) is -10.7. The number of hydrogen-bond donors (Lipinski definition) is 1. The number of aliphatic hydroxyl groups excluding tert-OH is 1. The van der Waals surface area contributed by atoms with Crippen LogP contribution >= 0.6 is 0 Å². The van der Waals surface area contributed by atoms with Gasteiger partial charge in [-0.05, 0) is 122 Å². The maximum Gasteiger partial charge on any atom is 0.314 e. The molecule has 0 radical (unpaired) electrons. The standard InChI is InChI=1S/C13H33N3O4Si3.C13H32O4Si3/c1-21(2,3)19-23(7,20-22(4,5)6)10-8-9-18-12-13(17)11-15-16-14;1-18(2,3)16-20(7,17-19(4,5)6)10-8-9-14-11-13-12-15-13/h13,17H,8-12H2,1-7H3;13H,8-12H2,1-7H3. The van der Waals surface area contributed by atoms with Crippen molar-refractivity contribution >= 4 is 50.4 Å². The fourth-order valence-corrected chi connectivity index (χ4v) is 29.6. The van der Waals surface area contributed by atoms with Gasteiger partial charge >= 0.3 is 17.1 Å². The van der Waals surface area contributed by atoms with Gasteiger partial charge in [0.1, 0.15) is 6.10 Å². The quantitative estimate of drug-likeness (QED) is 0.0306. The molecule has 0 amide bonds. The molecule has 11 nitrogen and oxygen atoms in total. The van der Waals surface area contributed by atoms with Gasteiger partial charge in [-0.3, -0.25) is 0 Å².